The Labute approximate surface area is 128 Å². The summed E-state index contributed by atoms with van der Waals surface area (Å²) in [4.78, 5) is 6.44. The molecule has 0 aliphatic carbocycles. The van der Waals surface area contributed by atoms with Crippen LogP contribution in [0, 0.1) is 5.82 Å². The molecular weight excluding hydrogens is 277 g/mol. The predicted molar refractivity (Wildman–Crippen MR) is 84.7 cm³/mol. The second-order valence-corrected chi connectivity index (χ2v) is 5.58. The molecule has 0 spiro atoms. The monoisotopic (exact) mass is 293 g/mol. The van der Waals surface area contributed by atoms with Crippen molar-refractivity contribution >= 4 is 5.69 Å². The first kappa shape index (κ1) is 13.1. The summed E-state index contributed by atoms with van der Waals surface area (Å²) in [5.74, 6) is -0.185. The van der Waals surface area contributed by atoms with Crippen LogP contribution in [0.2, 0.25) is 0 Å². The topological polar surface area (TPSA) is 21.1 Å². The van der Waals surface area contributed by atoms with Crippen molar-refractivity contribution in [1.29, 1.82) is 0 Å². The smallest absolute Gasteiger partial charge is 0.123 e. The van der Waals surface area contributed by atoms with Crippen molar-refractivity contribution in [2.45, 2.75) is 13.0 Å². The zero-order valence-electron chi connectivity index (χ0n) is 12.1. The molecule has 2 aromatic carbocycles. The number of nitrogens with zero attached hydrogens (tertiary/aromatic N) is 3. The molecule has 0 fully saturated rings. The van der Waals surface area contributed by atoms with Crippen LogP contribution in [0.3, 0.4) is 0 Å². The van der Waals surface area contributed by atoms with E-state index in [0.29, 0.717) is 0 Å². The van der Waals surface area contributed by atoms with Crippen LogP contribution < -0.4 is 4.90 Å². The van der Waals surface area contributed by atoms with Gasteiger partial charge in [0.25, 0.3) is 0 Å². The maximum absolute atomic E-state index is 13.0. The molecule has 3 nitrogen and oxygen atoms in total. The van der Waals surface area contributed by atoms with Gasteiger partial charge in [-0.25, -0.2) is 9.37 Å². The Bertz CT molecular complexity index is 779. The molecule has 110 valence electrons. The van der Waals surface area contributed by atoms with E-state index in [-0.39, 0.29) is 5.82 Å². The summed E-state index contributed by atoms with van der Waals surface area (Å²) in [5.41, 5.74) is 4.90. The van der Waals surface area contributed by atoms with Gasteiger partial charge in [-0.15, -0.1) is 0 Å². The molecule has 3 aromatic rings. The third-order valence-electron chi connectivity index (χ3n) is 4.14. The van der Waals surface area contributed by atoms with E-state index in [1.165, 1.54) is 23.4 Å². The Balaban J connectivity index is 1.59. The quantitative estimate of drug-likeness (QED) is 0.736. The van der Waals surface area contributed by atoms with Gasteiger partial charge in [0, 0.05) is 36.9 Å². The fourth-order valence-electron chi connectivity index (χ4n) is 3.00. The van der Waals surface area contributed by atoms with Crippen molar-refractivity contribution < 1.29 is 4.39 Å². The summed E-state index contributed by atoms with van der Waals surface area (Å²) < 4.78 is 15.0. The summed E-state index contributed by atoms with van der Waals surface area (Å²) in [7, 11) is 0. The SMILES string of the molecule is Fc1ccc(CN2CCc3cc(-n4ccnc4)ccc32)cc1. The van der Waals surface area contributed by atoms with Crippen molar-refractivity contribution in [3.05, 3.63) is 78.1 Å². The minimum Gasteiger partial charge on any atom is -0.367 e. The summed E-state index contributed by atoms with van der Waals surface area (Å²) in [6.07, 6.45) is 6.59. The molecule has 0 saturated heterocycles. The van der Waals surface area contributed by atoms with E-state index in [9.17, 15) is 4.39 Å². The number of halogens is 1. The number of rotatable bonds is 3. The Kier molecular flexibility index (Phi) is 3.15. The Morgan fingerprint density at radius 3 is 2.73 bits per heavy atom. The summed E-state index contributed by atoms with van der Waals surface area (Å²) in [5, 5.41) is 0. The molecule has 0 radical (unpaired) electrons. The molecule has 0 atom stereocenters. The molecule has 4 heteroatoms. The van der Waals surface area contributed by atoms with Gasteiger partial charge in [0.15, 0.2) is 0 Å². The highest BCUT2D eigenvalue weighted by Crippen LogP contribution is 2.31. The van der Waals surface area contributed by atoms with Crippen LogP contribution in [0.4, 0.5) is 10.1 Å². The second-order valence-electron chi connectivity index (χ2n) is 5.58. The molecule has 0 saturated carbocycles. The van der Waals surface area contributed by atoms with Crippen LogP contribution in [0.15, 0.2) is 61.2 Å². The second kappa shape index (κ2) is 5.30. The standard InChI is InChI=1S/C18H16FN3/c19-16-3-1-14(2-4-16)12-21-9-7-15-11-17(5-6-18(15)21)22-10-8-20-13-22/h1-6,8,10-11,13H,7,9,12H2. The average Bonchev–Trinajstić information content (AvgIpc) is 3.19. The van der Waals surface area contributed by atoms with Crippen LogP contribution in [-0.2, 0) is 13.0 Å². The highest BCUT2D eigenvalue weighted by atomic mass is 19.1. The minimum atomic E-state index is -0.185. The molecular formula is C18H16FN3. The number of aromatic nitrogens is 2. The van der Waals surface area contributed by atoms with Crippen LogP contribution >= 0.6 is 0 Å². The van der Waals surface area contributed by atoms with E-state index in [0.717, 1.165) is 30.8 Å². The van der Waals surface area contributed by atoms with E-state index in [4.69, 9.17) is 0 Å². The number of hydrogen-bond acceptors (Lipinski definition) is 2. The van der Waals surface area contributed by atoms with E-state index < -0.39 is 0 Å². The molecule has 1 aliphatic rings. The maximum Gasteiger partial charge on any atom is 0.123 e. The lowest BCUT2D eigenvalue weighted by Gasteiger charge is -2.19. The third kappa shape index (κ3) is 2.37. The van der Waals surface area contributed by atoms with Gasteiger partial charge >= 0.3 is 0 Å². The van der Waals surface area contributed by atoms with E-state index >= 15 is 0 Å². The van der Waals surface area contributed by atoms with Crippen LogP contribution in [-0.4, -0.2) is 16.1 Å². The van der Waals surface area contributed by atoms with Crippen molar-refractivity contribution in [3.63, 3.8) is 0 Å². The van der Waals surface area contributed by atoms with Crippen molar-refractivity contribution in [2.24, 2.45) is 0 Å². The number of hydrogen-bond donors (Lipinski definition) is 0. The lowest BCUT2D eigenvalue weighted by atomic mass is 10.1. The number of imidazole rings is 1. The van der Waals surface area contributed by atoms with Gasteiger partial charge < -0.3 is 9.47 Å². The minimum absolute atomic E-state index is 0.185. The van der Waals surface area contributed by atoms with Gasteiger partial charge in [0.05, 0.1) is 6.33 Å². The van der Waals surface area contributed by atoms with Crippen molar-refractivity contribution in [2.75, 3.05) is 11.4 Å². The maximum atomic E-state index is 13.0. The third-order valence-corrected chi connectivity index (χ3v) is 4.14. The van der Waals surface area contributed by atoms with Gasteiger partial charge in [-0.05, 0) is 47.9 Å². The number of fused-ring (bicyclic) bond motifs is 1. The van der Waals surface area contributed by atoms with E-state index in [1.54, 1.807) is 6.20 Å². The lowest BCUT2D eigenvalue weighted by molar-refractivity contribution is 0.626. The molecule has 1 aliphatic heterocycles. The van der Waals surface area contributed by atoms with Gasteiger partial charge in [0.2, 0.25) is 0 Å². The van der Waals surface area contributed by atoms with E-state index in [1.807, 2.05) is 29.2 Å². The fourth-order valence-corrected chi connectivity index (χ4v) is 3.00. The lowest BCUT2D eigenvalue weighted by Crippen LogP contribution is -2.19. The van der Waals surface area contributed by atoms with Gasteiger partial charge in [-0.1, -0.05) is 12.1 Å². The van der Waals surface area contributed by atoms with Gasteiger partial charge in [-0.2, -0.15) is 0 Å². The van der Waals surface area contributed by atoms with Crippen molar-refractivity contribution in [1.82, 2.24) is 9.55 Å². The van der Waals surface area contributed by atoms with Crippen LogP contribution in [0.1, 0.15) is 11.1 Å². The molecule has 1 aromatic heterocycles. The first-order valence-corrected chi connectivity index (χ1v) is 7.40. The largest absolute Gasteiger partial charge is 0.367 e. The summed E-state index contributed by atoms with van der Waals surface area (Å²) in [6, 6.07) is 13.3. The first-order valence-electron chi connectivity index (χ1n) is 7.40. The Hall–Kier alpha value is -2.62. The summed E-state index contributed by atoms with van der Waals surface area (Å²) in [6.45, 7) is 1.82. The predicted octanol–water partition coefficient (Wildman–Crippen LogP) is 3.57. The number of benzene rings is 2. The fraction of sp³-hybridized carbons (Fsp3) is 0.167. The Morgan fingerprint density at radius 2 is 1.95 bits per heavy atom. The van der Waals surface area contributed by atoms with Gasteiger partial charge in [-0.3, -0.25) is 0 Å². The zero-order chi connectivity index (χ0) is 14.9. The molecule has 0 unspecified atom stereocenters. The average molecular weight is 293 g/mol. The normalized spacial score (nSPS) is 13.4. The highest BCUT2D eigenvalue weighted by molar-refractivity contribution is 5.61. The van der Waals surface area contributed by atoms with Gasteiger partial charge in [0.1, 0.15) is 5.82 Å². The summed E-state index contributed by atoms with van der Waals surface area (Å²) >= 11 is 0. The number of anilines is 1. The van der Waals surface area contributed by atoms with E-state index in [2.05, 4.69) is 28.1 Å². The van der Waals surface area contributed by atoms with Crippen molar-refractivity contribution in [3.8, 4) is 5.69 Å². The molecule has 0 N–H and O–H groups in total. The highest BCUT2D eigenvalue weighted by Gasteiger charge is 2.19. The zero-order valence-corrected chi connectivity index (χ0v) is 12.1. The Morgan fingerprint density at radius 1 is 1.09 bits per heavy atom. The molecule has 4 rings (SSSR count). The first-order chi connectivity index (χ1) is 10.8. The molecule has 0 bridgehead atoms. The molecule has 2 heterocycles. The molecule has 0 amide bonds. The van der Waals surface area contributed by atoms with Crippen LogP contribution in [0.5, 0.6) is 0 Å². The molecule has 22 heavy (non-hydrogen) atoms. The van der Waals surface area contributed by atoms with Crippen LogP contribution in [0.25, 0.3) is 5.69 Å².